The first kappa shape index (κ1) is 10.2. The smallest absolute Gasteiger partial charge is 0.0417 e. The molecule has 1 aromatic rings. The second-order valence-corrected chi connectivity index (χ2v) is 3.07. The van der Waals surface area contributed by atoms with Crippen LogP contribution in [-0.2, 0) is 6.54 Å². The van der Waals surface area contributed by atoms with Gasteiger partial charge in [-0.05, 0) is 38.1 Å². The van der Waals surface area contributed by atoms with Gasteiger partial charge >= 0.3 is 0 Å². The molecule has 1 rings (SSSR count). The van der Waals surface area contributed by atoms with Crippen molar-refractivity contribution in [2.75, 3.05) is 13.1 Å². The van der Waals surface area contributed by atoms with Crippen LogP contribution in [0, 0.1) is 6.92 Å². The van der Waals surface area contributed by atoms with Crippen molar-refractivity contribution in [1.82, 2.24) is 10.3 Å². The van der Waals surface area contributed by atoms with E-state index < -0.39 is 0 Å². The average molecular weight is 179 g/mol. The molecule has 0 aliphatic carbocycles. The summed E-state index contributed by atoms with van der Waals surface area (Å²) < 4.78 is 0. The van der Waals surface area contributed by atoms with E-state index in [4.69, 9.17) is 5.73 Å². The Labute approximate surface area is 79.4 Å². The van der Waals surface area contributed by atoms with Crippen LogP contribution < -0.4 is 11.1 Å². The number of rotatable bonds is 5. The van der Waals surface area contributed by atoms with E-state index in [1.165, 1.54) is 5.56 Å². The fourth-order valence-electron chi connectivity index (χ4n) is 1.15. The fraction of sp³-hybridized carbons (Fsp3) is 0.500. The third kappa shape index (κ3) is 3.53. The summed E-state index contributed by atoms with van der Waals surface area (Å²) in [5.74, 6) is 0. The summed E-state index contributed by atoms with van der Waals surface area (Å²) in [4.78, 5) is 4.21. The van der Waals surface area contributed by atoms with Crippen LogP contribution in [0.1, 0.15) is 17.7 Å². The minimum atomic E-state index is 0.749. The Morgan fingerprint density at radius 3 is 3.08 bits per heavy atom. The van der Waals surface area contributed by atoms with Gasteiger partial charge in [0.1, 0.15) is 0 Å². The Morgan fingerprint density at radius 1 is 1.54 bits per heavy atom. The first-order valence-corrected chi connectivity index (χ1v) is 4.66. The van der Waals surface area contributed by atoms with Gasteiger partial charge in [0.05, 0.1) is 0 Å². The lowest BCUT2D eigenvalue weighted by Crippen LogP contribution is -2.18. The summed E-state index contributed by atoms with van der Waals surface area (Å²) >= 11 is 0. The summed E-state index contributed by atoms with van der Waals surface area (Å²) in [6.45, 7) is 4.64. The van der Waals surface area contributed by atoms with Crippen LogP contribution in [0.15, 0.2) is 18.3 Å². The average Bonchev–Trinajstić information content (AvgIpc) is 2.15. The predicted molar refractivity (Wildman–Crippen MR) is 54.4 cm³/mol. The zero-order valence-corrected chi connectivity index (χ0v) is 8.09. The van der Waals surface area contributed by atoms with Crippen LogP contribution in [0.5, 0.6) is 0 Å². The number of hydrogen-bond donors (Lipinski definition) is 2. The van der Waals surface area contributed by atoms with E-state index in [0.29, 0.717) is 0 Å². The van der Waals surface area contributed by atoms with Crippen molar-refractivity contribution < 1.29 is 0 Å². The highest BCUT2D eigenvalue weighted by Crippen LogP contribution is 2.02. The molecule has 72 valence electrons. The molecule has 3 N–H and O–H groups in total. The van der Waals surface area contributed by atoms with E-state index in [-0.39, 0.29) is 0 Å². The van der Waals surface area contributed by atoms with Gasteiger partial charge in [-0.1, -0.05) is 6.07 Å². The maximum Gasteiger partial charge on any atom is 0.0417 e. The molecule has 0 bridgehead atoms. The standard InChI is InChI=1S/C10H17N3/c1-9-10(4-2-7-13-9)8-12-6-3-5-11/h2,4,7,12H,3,5-6,8,11H2,1H3. The van der Waals surface area contributed by atoms with Crippen molar-refractivity contribution in [2.24, 2.45) is 5.73 Å². The molecule has 0 amide bonds. The number of nitrogens with two attached hydrogens (primary N) is 1. The van der Waals surface area contributed by atoms with Crippen molar-refractivity contribution in [2.45, 2.75) is 19.9 Å². The van der Waals surface area contributed by atoms with Crippen molar-refractivity contribution in [3.8, 4) is 0 Å². The second-order valence-electron chi connectivity index (χ2n) is 3.07. The van der Waals surface area contributed by atoms with Gasteiger partial charge in [-0.15, -0.1) is 0 Å². The zero-order chi connectivity index (χ0) is 9.52. The Morgan fingerprint density at radius 2 is 2.38 bits per heavy atom. The summed E-state index contributed by atoms with van der Waals surface area (Å²) in [6.07, 6.45) is 2.85. The molecule has 0 aliphatic rings. The van der Waals surface area contributed by atoms with Crippen LogP contribution >= 0.6 is 0 Å². The topological polar surface area (TPSA) is 50.9 Å². The van der Waals surface area contributed by atoms with Crippen LogP contribution in [-0.4, -0.2) is 18.1 Å². The highest BCUT2D eigenvalue weighted by atomic mass is 14.9. The predicted octanol–water partition coefficient (Wildman–Crippen LogP) is 0.828. The molecule has 1 aromatic heterocycles. The Balaban J connectivity index is 2.32. The van der Waals surface area contributed by atoms with E-state index in [0.717, 1.165) is 31.7 Å². The third-order valence-corrected chi connectivity index (χ3v) is 1.99. The van der Waals surface area contributed by atoms with E-state index in [1.54, 1.807) is 0 Å². The molecule has 1 heterocycles. The number of pyridine rings is 1. The molecule has 0 aromatic carbocycles. The molecule has 0 spiro atoms. The first-order chi connectivity index (χ1) is 6.34. The second kappa shape index (κ2) is 5.67. The van der Waals surface area contributed by atoms with Crippen molar-refractivity contribution in [3.63, 3.8) is 0 Å². The summed E-state index contributed by atoms with van der Waals surface area (Å²) in [5.41, 5.74) is 7.75. The molecule has 0 radical (unpaired) electrons. The molecule has 0 unspecified atom stereocenters. The van der Waals surface area contributed by atoms with Crippen LogP contribution in [0.2, 0.25) is 0 Å². The first-order valence-electron chi connectivity index (χ1n) is 4.66. The highest BCUT2D eigenvalue weighted by Gasteiger charge is 1.95. The minimum Gasteiger partial charge on any atom is -0.330 e. The molecule has 0 atom stereocenters. The van der Waals surface area contributed by atoms with E-state index >= 15 is 0 Å². The maximum atomic E-state index is 5.39. The van der Waals surface area contributed by atoms with Crippen molar-refractivity contribution in [3.05, 3.63) is 29.6 Å². The Kier molecular flexibility index (Phi) is 4.43. The van der Waals surface area contributed by atoms with Crippen molar-refractivity contribution in [1.29, 1.82) is 0 Å². The van der Waals surface area contributed by atoms with Crippen LogP contribution in [0.25, 0.3) is 0 Å². The largest absolute Gasteiger partial charge is 0.330 e. The normalized spacial score (nSPS) is 10.3. The molecule has 3 heteroatoms. The van der Waals surface area contributed by atoms with Gasteiger partial charge in [0, 0.05) is 18.4 Å². The molecule has 0 saturated carbocycles. The molecule has 0 aliphatic heterocycles. The number of nitrogens with zero attached hydrogens (tertiary/aromatic N) is 1. The number of aromatic nitrogens is 1. The minimum absolute atomic E-state index is 0.749. The van der Waals surface area contributed by atoms with E-state index in [1.807, 2.05) is 19.2 Å². The quantitative estimate of drug-likeness (QED) is 0.658. The monoisotopic (exact) mass is 179 g/mol. The van der Waals surface area contributed by atoms with Crippen LogP contribution in [0.3, 0.4) is 0 Å². The summed E-state index contributed by atoms with van der Waals surface area (Å²) in [7, 11) is 0. The summed E-state index contributed by atoms with van der Waals surface area (Å²) in [6, 6.07) is 4.06. The lowest BCUT2D eigenvalue weighted by atomic mass is 10.2. The molecule has 3 nitrogen and oxygen atoms in total. The van der Waals surface area contributed by atoms with Gasteiger partial charge in [0.25, 0.3) is 0 Å². The fourth-order valence-corrected chi connectivity index (χ4v) is 1.15. The summed E-state index contributed by atoms with van der Waals surface area (Å²) in [5, 5.41) is 3.32. The number of aryl methyl sites for hydroxylation is 1. The zero-order valence-electron chi connectivity index (χ0n) is 8.09. The van der Waals surface area contributed by atoms with Gasteiger partial charge in [-0.3, -0.25) is 4.98 Å². The van der Waals surface area contributed by atoms with Crippen molar-refractivity contribution >= 4 is 0 Å². The van der Waals surface area contributed by atoms with E-state index in [9.17, 15) is 0 Å². The van der Waals surface area contributed by atoms with Crippen LogP contribution in [0.4, 0.5) is 0 Å². The molecule has 13 heavy (non-hydrogen) atoms. The highest BCUT2D eigenvalue weighted by molar-refractivity contribution is 5.17. The van der Waals surface area contributed by atoms with Gasteiger partial charge < -0.3 is 11.1 Å². The lowest BCUT2D eigenvalue weighted by Gasteiger charge is -2.05. The molecular weight excluding hydrogens is 162 g/mol. The molecular formula is C10H17N3. The van der Waals surface area contributed by atoms with Gasteiger partial charge in [0.15, 0.2) is 0 Å². The van der Waals surface area contributed by atoms with Gasteiger partial charge in [-0.2, -0.15) is 0 Å². The SMILES string of the molecule is Cc1ncccc1CNCCCN. The number of hydrogen-bond acceptors (Lipinski definition) is 3. The maximum absolute atomic E-state index is 5.39. The molecule has 0 saturated heterocycles. The Hall–Kier alpha value is -0.930. The van der Waals surface area contributed by atoms with Gasteiger partial charge in [-0.25, -0.2) is 0 Å². The number of nitrogens with one attached hydrogen (secondary N) is 1. The van der Waals surface area contributed by atoms with E-state index in [2.05, 4.69) is 16.4 Å². The van der Waals surface area contributed by atoms with Gasteiger partial charge in [0.2, 0.25) is 0 Å². The third-order valence-electron chi connectivity index (χ3n) is 1.99. The Bertz CT molecular complexity index is 248. The lowest BCUT2D eigenvalue weighted by molar-refractivity contribution is 0.652. The molecule has 0 fully saturated rings.